The SMILES string of the molecule is Nc1ccc2c(c1)N(Cc1cc(F)ccc1F)CCC2. The molecule has 0 aliphatic carbocycles. The molecule has 1 aliphatic heterocycles. The zero-order valence-electron chi connectivity index (χ0n) is 11.1. The van der Waals surface area contributed by atoms with Crippen LogP contribution in [-0.4, -0.2) is 6.54 Å². The molecule has 0 fully saturated rings. The molecular weight excluding hydrogens is 258 g/mol. The molecule has 2 nitrogen and oxygen atoms in total. The topological polar surface area (TPSA) is 29.3 Å². The van der Waals surface area contributed by atoms with Gasteiger partial charge in [-0.25, -0.2) is 8.78 Å². The van der Waals surface area contributed by atoms with Crippen molar-refractivity contribution in [3.63, 3.8) is 0 Å². The van der Waals surface area contributed by atoms with Crippen molar-refractivity contribution in [3.8, 4) is 0 Å². The molecule has 104 valence electrons. The van der Waals surface area contributed by atoms with Gasteiger partial charge in [-0.1, -0.05) is 6.07 Å². The molecule has 0 saturated heterocycles. The summed E-state index contributed by atoms with van der Waals surface area (Å²) in [4.78, 5) is 2.06. The third-order valence-electron chi connectivity index (χ3n) is 3.69. The number of halogens is 2. The lowest BCUT2D eigenvalue weighted by Crippen LogP contribution is -2.29. The highest BCUT2D eigenvalue weighted by Crippen LogP contribution is 2.30. The van der Waals surface area contributed by atoms with Crippen LogP contribution in [0.25, 0.3) is 0 Å². The maximum Gasteiger partial charge on any atom is 0.128 e. The van der Waals surface area contributed by atoms with E-state index in [1.807, 2.05) is 18.2 Å². The zero-order valence-corrected chi connectivity index (χ0v) is 11.1. The van der Waals surface area contributed by atoms with Crippen molar-refractivity contribution in [3.05, 3.63) is 59.2 Å². The van der Waals surface area contributed by atoms with Gasteiger partial charge in [0.25, 0.3) is 0 Å². The molecule has 3 rings (SSSR count). The van der Waals surface area contributed by atoms with E-state index in [9.17, 15) is 8.78 Å². The number of nitrogen functional groups attached to an aromatic ring is 1. The lowest BCUT2D eigenvalue weighted by Gasteiger charge is -2.31. The predicted octanol–water partition coefficient (Wildman–Crippen LogP) is 3.50. The van der Waals surface area contributed by atoms with Crippen LogP contribution in [0.4, 0.5) is 20.2 Å². The van der Waals surface area contributed by atoms with Gasteiger partial charge < -0.3 is 10.6 Å². The molecule has 0 unspecified atom stereocenters. The first-order valence-corrected chi connectivity index (χ1v) is 6.71. The van der Waals surface area contributed by atoms with Gasteiger partial charge in [0.05, 0.1) is 0 Å². The van der Waals surface area contributed by atoms with Crippen molar-refractivity contribution in [2.45, 2.75) is 19.4 Å². The maximum atomic E-state index is 13.8. The van der Waals surface area contributed by atoms with Crippen LogP contribution >= 0.6 is 0 Å². The third-order valence-corrected chi connectivity index (χ3v) is 3.69. The molecule has 1 heterocycles. The van der Waals surface area contributed by atoms with Crippen molar-refractivity contribution < 1.29 is 8.78 Å². The fourth-order valence-electron chi connectivity index (χ4n) is 2.70. The number of benzene rings is 2. The first-order valence-electron chi connectivity index (χ1n) is 6.71. The van der Waals surface area contributed by atoms with Gasteiger partial charge in [0.15, 0.2) is 0 Å². The summed E-state index contributed by atoms with van der Waals surface area (Å²) < 4.78 is 27.0. The molecule has 1 aliphatic rings. The Morgan fingerprint density at radius 3 is 2.80 bits per heavy atom. The summed E-state index contributed by atoms with van der Waals surface area (Å²) in [5.74, 6) is -0.784. The standard InChI is InChI=1S/C16H16F2N2/c17-13-4-6-15(18)12(8-13)10-20-7-1-2-11-3-5-14(19)9-16(11)20/h3-6,8-9H,1-2,7,10,19H2. The van der Waals surface area contributed by atoms with E-state index < -0.39 is 5.82 Å². The highest BCUT2D eigenvalue weighted by atomic mass is 19.1. The Morgan fingerprint density at radius 2 is 1.95 bits per heavy atom. The van der Waals surface area contributed by atoms with Gasteiger partial charge in [-0.15, -0.1) is 0 Å². The third kappa shape index (κ3) is 2.46. The van der Waals surface area contributed by atoms with Crippen LogP contribution in [0, 0.1) is 11.6 Å². The zero-order chi connectivity index (χ0) is 14.1. The van der Waals surface area contributed by atoms with E-state index in [-0.39, 0.29) is 5.82 Å². The molecule has 20 heavy (non-hydrogen) atoms. The van der Waals surface area contributed by atoms with Gasteiger partial charge in [-0.3, -0.25) is 0 Å². The Labute approximate surface area is 116 Å². The Bertz CT molecular complexity index is 640. The summed E-state index contributed by atoms with van der Waals surface area (Å²) >= 11 is 0. The van der Waals surface area contributed by atoms with E-state index in [0.717, 1.165) is 31.1 Å². The highest BCUT2D eigenvalue weighted by molar-refractivity contribution is 5.62. The first kappa shape index (κ1) is 12.9. The lowest BCUT2D eigenvalue weighted by atomic mass is 10.0. The minimum absolute atomic E-state index is 0.361. The van der Waals surface area contributed by atoms with Crippen LogP contribution in [0.1, 0.15) is 17.5 Å². The number of nitrogens with two attached hydrogens (primary N) is 1. The summed E-state index contributed by atoms with van der Waals surface area (Å²) in [7, 11) is 0. The number of rotatable bonds is 2. The molecule has 0 amide bonds. The van der Waals surface area contributed by atoms with E-state index in [4.69, 9.17) is 5.73 Å². The average molecular weight is 274 g/mol. The Kier molecular flexibility index (Phi) is 3.30. The minimum atomic E-state index is -0.411. The quantitative estimate of drug-likeness (QED) is 0.849. The second-order valence-electron chi connectivity index (χ2n) is 5.15. The molecule has 2 aromatic carbocycles. The monoisotopic (exact) mass is 274 g/mol. The Balaban J connectivity index is 1.93. The number of hydrogen-bond acceptors (Lipinski definition) is 2. The van der Waals surface area contributed by atoms with Crippen LogP contribution in [0.5, 0.6) is 0 Å². The average Bonchev–Trinajstić information content (AvgIpc) is 2.43. The van der Waals surface area contributed by atoms with Crippen LogP contribution in [0.15, 0.2) is 36.4 Å². The molecule has 0 spiro atoms. The van der Waals surface area contributed by atoms with Crippen LogP contribution < -0.4 is 10.6 Å². The fraction of sp³-hybridized carbons (Fsp3) is 0.250. The van der Waals surface area contributed by atoms with Crippen LogP contribution in [-0.2, 0) is 13.0 Å². The molecule has 0 saturated carbocycles. The van der Waals surface area contributed by atoms with Crippen molar-refractivity contribution >= 4 is 11.4 Å². The maximum absolute atomic E-state index is 13.8. The minimum Gasteiger partial charge on any atom is -0.399 e. The summed E-state index contributed by atoms with van der Waals surface area (Å²) in [5.41, 5.74) is 9.13. The molecule has 0 atom stereocenters. The van der Waals surface area contributed by atoms with Crippen molar-refractivity contribution in [1.82, 2.24) is 0 Å². The van der Waals surface area contributed by atoms with Gasteiger partial charge in [-0.05, 0) is 48.7 Å². The van der Waals surface area contributed by atoms with E-state index in [0.29, 0.717) is 17.8 Å². The largest absolute Gasteiger partial charge is 0.399 e. The van der Waals surface area contributed by atoms with Crippen molar-refractivity contribution in [2.24, 2.45) is 0 Å². The number of fused-ring (bicyclic) bond motifs is 1. The van der Waals surface area contributed by atoms with Crippen LogP contribution in [0.2, 0.25) is 0 Å². The summed E-state index contributed by atoms with van der Waals surface area (Å²) in [6.07, 6.45) is 2.01. The number of nitrogens with zero attached hydrogens (tertiary/aromatic N) is 1. The Hall–Kier alpha value is -2.10. The van der Waals surface area contributed by atoms with E-state index in [1.165, 1.54) is 17.7 Å². The normalized spacial score (nSPS) is 14.2. The number of aryl methyl sites for hydroxylation is 1. The van der Waals surface area contributed by atoms with Gasteiger partial charge in [0.2, 0.25) is 0 Å². The van der Waals surface area contributed by atoms with E-state index in [2.05, 4.69) is 4.90 Å². The van der Waals surface area contributed by atoms with Crippen molar-refractivity contribution in [2.75, 3.05) is 17.2 Å². The van der Waals surface area contributed by atoms with E-state index >= 15 is 0 Å². The molecule has 4 heteroatoms. The second kappa shape index (κ2) is 5.12. The smallest absolute Gasteiger partial charge is 0.128 e. The Morgan fingerprint density at radius 1 is 1.10 bits per heavy atom. The van der Waals surface area contributed by atoms with Gasteiger partial charge >= 0.3 is 0 Å². The molecule has 0 bridgehead atoms. The predicted molar refractivity (Wildman–Crippen MR) is 76.6 cm³/mol. The first-order chi connectivity index (χ1) is 9.63. The molecule has 2 N–H and O–H groups in total. The molecule has 0 radical (unpaired) electrons. The van der Waals surface area contributed by atoms with Gasteiger partial charge in [-0.2, -0.15) is 0 Å². The van der Waals surface area contributed by atoms with Gasteiger partial charge in [0.1, 0.15) is 11.6 Å². The van der Waals surface area contributed by atoms with Crippen LogP contribution in [0.3, 0.4) is 0 Å². The molecule has 2 aromatic rings. The van der Waals surface area contributed by atoms with Gasteiger partial charge in [0, 0.05) is 30.0 Å². The lowest BCUT2D eigenvalue weighted by molar-refractivity contribution is 0.577. The highest BCUT2D eigenvalue weighted by Gasteiger charge is 2.18. The summed E-state index contributed by atoms with van der Waals surface area (Å²) in [5, 5.41) is 0. The number of anilines is 2. The molecular formula is C16H16F2N2. The van der Waals surface area contributed by atoms with Crippen molar-refractivity contribution in [1.29, 1.82) is 0 Å². The number of hydrogen-bond donors (Lipinski definition) is 1. The van der Waals surface area contributed by atoms with E-state index in [1.54, 1.807) is 0 Å². The fourth-order valence-corrected chi connectivity index (χ4v) is 2.70. The molecule has 0 aromatic heterocycles. The summed E-state index contributed by atoms with van der Waals surface area (Å²) in [6.45, 7) is 1.19. The summed E-state index contributed by atoms with van der Waals surface area (Å²) in [6, 6.07) is 9.38. The second-order valence-corrected chi connectivity index (χ2v) is 5.15.